The molecule has 0 unspecified atom stereocenters. The topological polar surface area (TPSA) is 68.0 Å². The quantitative estimate of drug-likeness (QED) is 0.836. The van der Waals surface area contributed by atoms with Crippen LogP contribution < -0.4 is 5.32 Å². The van der Waals surface area contributed by atoms with E-state index in [0.717, 1.165) is 18.9 Å². The highest BCUT2D eigenvalue weighted by atomic mass is 35.5. The molecule has 8 heteroatoms. The number of thioether (sulfide) groups is 1. The SMILES string of the molecule is C[C@@H](Sc1nnc(C2CC2)o1)C(=O)Nc1ccc(F)cc1Cl. The predicted octanol–water partition coefficient (Wildman–Crippen LogP) is 3.86. The maximum atomic E-state index is 13.0. The number of halogens is 2. The van der Waals surface area contributed by atoms with E-state index in [1.807, 2.05) is 0 Å². The van der Waals surface area contributed by atoms with E-state index in [9.17, 15) is 9.18 Å². The number of carbonyl (C=O) groups is 1. The maximum absolute atomic E-state index is 13.0. The number of nitrogens with zero attached hydrogens (tertiary/aromatic N) is 2. The monoisotopic (exact) mass is 341 g/mol. The van der Waals surface area contributed by atoms with Crippen molar-refractivity contribution in [3.05, 3.63) is 34.9 Å². The van der Waals surface area contributed by atoms with Crippen LogP contribution in [0, 0.1) is 5.82 Å². The standard InChI is InChI=1S/C14H13ClFN3O2S/c1-7(22-14-19-18-13(21-14)8-2-3-8)12(20)17-11-5-4-9(16)6-10(11)15/h4-8H,2-3H2,1H3,(H,17,20)/t7-/m1/s1. The zero-order valence-electron chi connectivity index (χ0n) is 11.7. The van der Waals surface area contributed by atoms with Crippen LogP contribution in [0.5, 0.6) is 0 Å². The van der Waals surface area contributed by atoms with E-state index in [1.54, 1.807) is 6.92 Å². The molecule has 1 aromatic carbocycles. The van der Waals surface area contributed by atoms with E-state index in [1.165, 1.54) is 23.9 Å². The third-order valence-electron chi connectivity index (χ3n) is 3.18. The van der Waals surface area contributed by atoms with Crippen LogP contribution in [0.25, 0.3) is 0 Å². The molecule has 1 aliphatic rings. The molecule has 116 valence electrons. The van der Waals surface area contributed by atoms with Gasteiger partial charge in [-0.2, -0.15) is 0 Å². The molecule has 1 aliphatic carbocycles. The minimum absolute atomic E-state index is 0.152. The first kappa shape index (κ1) is 15.3. The summed E-state index contributed by atoms with van der Waals surface area (Å²) < 4.78 is 18.5. The summed E-state index contributed by atoms with van der Waals surface area (Å²) in [6.45, 7) is 1.72. The average molecular weight is 342 g/mol. The minimum Gasteiger partial charge on any atom is -0.416 e. The zero-order valence-corrected chi connectivity index (χ0v) is 13.2. The van der Waals surface area contributed by atoms with E-state index >= 15 is 0 Å². The third kappa shape index (κ3) is 3.59. The summed E-state index contributed by atoms with van der Waals surface area (Å²) in [6.07, 6.45) is 2.15. The second kappa shape index (κ2) is 6.26. The predicted molar refractivity (Wildman–Crippen MR) is 81.6 cm³/mol. The first-order valence-corrected chi connectivity index (χ1v) is 8.04. The number of hydrogen-bond donors (Lipinski definition) is 1. The van der Waals surface area contributed by atoms with Gasteiger partial charge in [0.05, 0.1) is 16.0 Å². The van der Waals surface area contributed by atoms with Gasteiger partial charge >= 0.3 is 0 Å². The Labute approximate surface area is 135 Å². The second-order valence-corrected chi connectivity index (χ2v) is 6.75. The lowest BCUT2D eigenvalue weighted by Gasteiger charge is -2.11. The average Bonchev–Trinajstić information content (AvgIpc) is 3.22. The first-order valence-electron chi connectivity index (χ1n) is 6.79. The molecular weight excluding hydrogens is 329 g/mol. The molecule has 3 rings (SSSR count). The largest absolute Gasteiger partial charge is 0.416 e. The molecule has 1 N–H and O–H groups in total. The molecule has 1 aromatic heterocycles. The summed E-state index contributed by atoms with van der Waals surface area (Å²) >= 11 is 7.06. The van der Waals surface area contributed by atoms with Crippen LogP contribution in [-0.2, 0) is 4.79 Å². The fraction of sp³-hybridized carbons (Fsp3) is 0.357. The van der Waals surface area contributed by atoms with Crippen molar-refractivity contribution >= 4 is 35.0 Å². The number of rotatable bonds is 5. The molecule has 0 saturated heterocycles. The molecule has 1 fully saturated rings. The van der Waals surface area contributed by atoms with Crippen molar-refractivity contribution < 1.29 is 13.6 Å². The van der Waals surface area contributed by atoms with Gasteiger partial charge in [-0.25, -0.2) is 4.39 Å². The molecule has 5 nitrogen and oxygen atoms in total. The Kier molecular flexibility index (Phi) is 4.35. The molecule has 1 amide bonds. The Bertz CT molecular complexity index is 705. The lowest BCUT2D eigenvalue weighted by Crippen LogP contribution is -2.22. The smallest absolute Gasteiger partial charge is 0.277 e. The van der Waals surface area contributed by atoms with Gasteiger partial charge in [-0.15, -0.1) is 10.2 Å². The number of nitrogens with one attached hydrogen (secondary N) is 1. The molecule has 1 atom stereocenters. The second-order valence-electron chi connectivity index (χ2n) is 5.05. The Morgan fingerprint density at radius 2 is 2.27 bits per heavy atom. The van der Waals surface area contributed by atoms with Crippen LogP contribution in [0.4, 0.5) is 10.1 Å². The van der Waals surface area contributed by atoms with Gasteiger partial charge in [0.25, 0.3) is 5.22 Å². The van der Waals surface area contributed by atoms with Crippen molar-refractivity contribution in [2.45, 2.75) is 36.2 Å². The summed E-state index contributed by atoms with van der Waals surface area (Å²) in [5, 5.41) is 10.6. The summed E-state index contributed by atoms with van der Waals surface area (Å²) in [4.78, 5) is 12.1. The van der Waals surface area contributed by atoms with E-state index < -0.39 is 11.1 Å². The van der Waals surface area contributed by atoms with E-state index in [-0.39, 0.29) is 10.9 Å². The Morgan fingerprint density at radius 3 is 2.95 bits per heavy atom. The highest BCUT2D eigenvalue weighted by Crippen LogP contribution is 2.40. The fourth-order valence-electron chi connectivity index (χ4n) is 1.79. The van der Waals surface area contributed by atoms with E-state index in [0.29, 0.717) is 22.7 Å². The molecule has 0 aliphatic heterocycles. The molecule has 0 radical (unpaired) electrons. The van der Waals surface area contributed by atoms with Crippen molar-refractivity contribution in [3.8, 4) is 0 Å². The number of amides is 1. The number of hydrogen-bond acceptors (Lipinski definition) is 5. The van der Waals surface area contributed by atoms with Crippen molar-refractivity contribution in [3.63, 3.8) is 0 Å². The molecule has 2 aromatic rings. The van der Waals surface area contributed by atoms with Crippen molar-refractivity contribution in [2.75, 3.05) is 5.32 Å². The lowest BCUT2D eigenvalue weighted by molar-refractivity contribution is -0.115. The normalized spacial score (nSPS) is 15.6. The molecule has 22 heavy (non-hydrogen) atoms. The highest BCUT2D eigenvalue weighted by Gasteiger charge is 2.30. The molecule has 0 spiro atoms. The maximum Gasteiger partial charge on any atom is 0.277 e. The molecule has 1 saturated carbocycles. The van der Waals surface area contributed by atoms with Crippen LogP contribution in [0.15, 0.2) is 27.8 Å². The number of carbonyl (C=O) groups excluding carboxylic acids is 1. The number of benzene rings is 1. The lowest BCUT2D eigenvalue weighted by atomic mass is 10.3. The van der Waals surface area contributed by atoms with Gasteiger partial charge in [-0.1, -0.05) is 23.4 Å². The molecule has 1 heterocycles. The van der Waals surface area contributed by atoms with Crippen molar-refractivity contribution in [1.82, 2.24) is 10.2 Å². The summed E-state index contributed by atoms with van der Waals surface area (Å²) in [6, 6.07) is 3.80. The zero-order chi connectivity index (χ0) is 15.7. The van der Waals surface area contributed by atoms with Gasteiger partial charge in [0.15, 0.2) is 0 Å². The van der Waals surface area contributed by atoms with Gasteiger partial charge in [-0.3, -0.25) is 4.79 Å². The van der Waals surface area contributed by atoms with Gasteiger partial charge < -0.3 is 9.73 Å². The fourth-order valence-corrected chi connectivity index (χ4v) is 2.70. The van der Waals surface area contributed by atoms with Gasteiger partial charge in [0.2, 0.25) is 11.8 Å². The Balaban J connectivity index is 1.60. The van der Waals surface area contributed by atoms with E-state index in [4.69, 9.17) is 16.0 Å². The van der Waals surface area contributed by atoms with Gasteiger partial charge in [0, 0.05) is 5.92 Å². The van der Waals surface area contributed by atoms with Crippen LogP contribution in [0.3, 0.4) is 0 Å². The van der Waals surface area contributed by atoms with Crippen molar-refractivity contribution in [2.24, 2.45) is 0 Å². The Morgan fingerprint density at radius 1 is 1.50 bits per heavy atom. The summed E-state index contributed by atoms with van der Waals surface area (Å²) in [5.41, 5.74) is 0.365. The van der Waals surface area contributed by atoms with Gasteiger partial charge in [0.1, 0.15) is 5.82 Å². The highest BCUT2D eigenvalue weighted by molar-refractivity contribution is 8.00. The molecule has 0 bridgehead atoms. The molecular formula is C14H13ClFN3O2S. The van der Waals surface area contributed by atoms with E-state index in [2.05, 4.69) is 15.5 Å². The minimum atomic E-state index is -0.455. The first-order chi connectivity index (χ1) is 10.5. The van der Waals surface area contributed by atoms with Crippen LogP contribution in [0.1, 0.15) is 31.6 Å². The third-order valence-corrected chi connectivity index (χ3v) is 4.43. The van der Waals surface area contributed by atoms with Gasteiger partial charge in [-0.05, 0) is 38.0 Å². The summed E-state index contributed by atoms with van der Waals surface area (Å²) in [5.74, 6) is 0.286. The Hall–Kier alpha value is -1.60. The summed E-state index contributed by atoms with van der Waals surface area (Å²) in [7, 11) is 0. The van der Waals surface area contributed by atoms with Crippen LogP contribution in [0.2, 0.25) is 5.02 Å². The van der Waals surface area contributed by atoms with Crippen molar-refractivity contribution in [1.29, 1.82) is 0 Å². The number of aromatic nitrogens is 2. The van der Waals surface area contributed by atoms with Crippen LogP contribution >= 0.6 is 23.4 Å². The number of anilines is 1. The van der Waals surface area contributed by atoms with Crippen LogP contribution in [-0.4, -0.2) is 21.4 Å².